The van der Waals surface area contributed by atoms with Crippen LogP contribution in [-0.2, 0) is 0 Å². The third kappa shape index (κ3) is 1.57. The van der Waals surface area contributed by atoms with Gasteiger partial charge in [-0.25, -0.2) is 0 Å². The summed E-state index contributed by atoms with van der Waals surface area (Å²) in [5, 5.41) is 0. The smallest absolute Gasteiger partial charge is 0.0859 e. The molecule has 0 nitrogen and oxygen atoms in total. The van der Waals surface area contributed by atoms with Gasteiger partial charge in [-0.05, 0) is 0 Å². The topological polar surface area (TPSA) is 0 Å². The first-order valence-corrected chi connectivity index (χ1v) is 3.30. The molecular formula is C6H16B2. The van der Waals surface area contributed by atoms with Crippen LogP contribution in [0.4, 0.5) is 0 Å². The van der Waals surface area contributed by atoms with Crippen molar-refractivity contribution < 1.29 is 0 Å². The number of rotatable bonds is 0. The quantitative estimate of drug-likeness (QED) is 0.409. The van der Waals surface area contributed by atoms with Crippen LogP contribution in [0.5, 0.6) is 0 Å². The molecule has 0 aromatic rings. The van der Waals surface area contributed by atoms with Crippen LogP contribution in [0.1, 0.15) is 19.8 Å². The summed E-state index contributed by atoms with van der Waals surface area (Å²) in [6.07, 6.45) is 4.42. The van der Waals surface area contributed by atoms with E-state index >= 15 is 0 Å². The van der Waals surface area contributed by atoms with Gasteiger partial charge in [0, 0.05) is 0 Å². The number of hydrogen-bond donors (Lipinski definition) is 0. The van der Waals surface area contributed by atoms with Crippen molar-refractivity contribution in [1.29, 1.82) is 0 Å². The zero-order valence-corrected chi connectivity index (χ0v) is 5.28. The fraction of sp³-hybridized carbons (Fsp3) is 1.00. The van der Waals surface area contributed by atoms with Crippen molar-refractivity contribution in [3.05, 3.63) is 0 Å². The molecule has 1 atom stereocenters. The van der Waals surface area contributed by atoms with Crippen molar-refractivity contribution in [2.45, 2.75) is 38.7 Å². The van der Waals surface area contributed by atoms with Crippen LogP contribution >= 0.6 is 0 Å². The molecule has 1 aliphatic rings. The van der Waals surface area contributed by atoms with Crippen molar-refractivity contribution in [2.75, 3.05) is 0 Å². The zero-order valence-electron chi connectivity index (χ0n) is 5.28. The lowest BCUT2D eigenvalue weighted by molar-refractivity contribution is 0.819. The standard InChI is InChI=1S/C6H13B.BH3/c1-6-4-3-5-7(6)2;/h6H,3-5H2,1-2H3;1H3. The molecule has 0 bridgehead atoms. The summed E-state index contributed by atoms with van der Waals surface area (Å²) in [4.78, 5) is 0. The first kappa shape index (κ1) is 8.13. The first-order valence-electron chi connectivity index (χ1n) is 3.30. The molecule has 0 radical (unpaired) electrons. The molecule has 1 saturated heterocycles. The molecule has 1 unspecified atom stereocenters. The Bertz CT molecular complexity index is 55.5. The normalized spacial score (nSPS) is 27.8. The van der Waals surface area contributed by atoms with Crippen LogP contribution in [0.2, 0.25) is 19.0 Å². The predicted octanol–water partition coefficient (Wildman–Crippen LogP) is 1.11. The van der Waals surface area contributed by atoms with E-state index in [1.165, 1.54) is 19.2 Å². The highest BCUT2D eigenvalue weighted by Gasteiger charge is 2.21. The summed E-state index contributed by atoms with van der Waals surface area (Å²) in [5.74, 6) is 1.01. The van der Waals surface area contributed by atoms with Crippen LogP contribution in [0.3, 0.4) is 0 Å². The maximum Gasteiger partial charge on any atom is 0.139 e. The molecule has 1 heterocycles. The Hall–Kier alpha value is 0.130. The van der Waals surface area contributed by atoms with Gasteiger partial charge in [-0.15, -0.1) is 0 Å². The summed E-state index contributed by atoms with van der Waals surface area (Å²) in [6, 6.07) is 0. The van der Waals surface area contributed by atoms with Crippen molar-refractivity contribution in [1.82, 2.24) is 0 Å². The van der Waals surface area contributed by atoms with E-state index < -0.39 is 0 Å². The average molecular weight is 110 g/mol. The molecule has 1 fully saturated rings. The Labute approximate surface area is 54.7 Å². The van der Waals surface area contributed by atoms with E-state index in [2.05, 4.69) is 13.7 Å². The third-order valence-electron chi connectivity index (χ3n) is 2.29. The van der Waals surface area contributed by atoms with E-state index in [0.29, 0.717) is 0 Å². The van der Waals surface area contributed by atoms with Gasteiger partial charge in [-0.1, -0.05) is 38.7 Å². The van der Waals surface area contributed by atoms with Gasteiger partial charge in [0.25, 0.3) is 0 Å². The molecule has 46 valence electrons. The predicted molar refractivity (Wildman–Crippen MR) is 45.0 cm³/mol. The molecule has 0 saturated carbocycles. The van der Waals surface area contributed by atoms with Gasteiger partial charge in [-0.2, -0.15) is 0 Å². The van der Waals surface area contributed by atoms with Crippen LogP contribution in [0.25, 0.3) is 0 Å². The van der Waals surface area contributed by atoms with E-state index in [1.54, 1.807) is 0 Å². The second kappa shape index (κ2) is 3.21. The molecule has 0 amide bonds. The summed E-state index contributed by atoms with van der Waals surface area (Å²) < 4.78 is 0. The molecule has 1 rings (SSSR count). The van der Waals surface area contributed by atoms with Crippen LogP contribution in [0.15, 0.2) is 0 Å². The highest BCUT2D eigenvalue weighted by molar-refractivity contribution is 6.59. The van der Waals surface area contributed by atoms with Gasteiger partial charge < -0.3 is 0 Å². The maximum atomic E-state index is 2.36. The van der Waals surface area contributed by atoms with Gasteiger partial charge in [0.15, 0.2) is 0 Å². The SMILES string of the molecule is B.CB1CCCC1C. The molecule has 0 spiro atoms. The van der Waals surface area contributed by atoms with E-state index in [-0.39, 0.29) is 8.41 Å². The largest absolute Gasteiger partial charge is 0.139 e. The van der Waals surface area contributed by atoms with E-state index in [1.807, 2.05) is 0 Å². The van der Waals surface area contributed by atoms with Crippen LogP contribution in [0, 0.1) is 0 Å². The second-order valence-electron chi connectivity index (χ2n) is 2.89. The van der Waals surface area contributed by atoms with E-state index in [9.17, 15) is 0 Å². The summed E-state index contributed by atoms with van der Waals surface area (Å²) in [6.45, 7) is 5.73. The highest BCUT2D eigenvalue weighted by atomic mass is 14.0. The zero-order chi connectivity index (χ0) is 5.28. The minimum absolute atomic E-state index is 0. The van der Waals surface area contributed by atoms with Crippen molar-refractivity contribution in [3.8, 4) is 0 Å². The second-order valence-corrected chi connectivity index (χ2v) is 2.89. The average Bonchev–Trinajstić information content (AvgIpc) is 1.91. The molecule has 0 aromatic carbocycles. The highest BCUT2D eigenvalue weighted by Crippen LogP contribution is 2.29. The van der Waals surface area contributed by atoms with Crippen molar-refractivity contribution >= 4 is 15.1 Å². The molecular weight excluding hydrogens is 93.7 g/mol. The molecule has 0 N–H and O–H groups in total. The Kier molecular flexibility index (Phi) is 3.27. The van der Waals surface area contributed by atoms with Crippen LogP contribution < -0.4 is 0 Å². The minimum Gasteiger partial charge on any atom is -0.0859 e. The van der Waals surface area contributed by atoms with Gasteiger partial charge in [0.2, 0.25) is 0 Å². The minimum atomic E-state index is 0. The third-order valence-corrected chi connectivity index (χ3v) is 2.29. The van der Waals surface area contributed by atoms with Gasteiger partial charge >= 0.3 is 0 Å². The Morgan fingerprint density at radius 3 is 2.25 bits per heavy atom. The van der Waals surface area contributed by atoms with Gasteiger partial charge in [-0.3, -0.25) is 0 Å². The van der Waals surface area contributed by atoms with Crippen molar-refractivity contribution in [3.63, 3.8) is 0 Å². The van der Waals surface area contributed by atoms with Gasteiger partial charge in [0.1, 0.15) is 6.71 Å². The summed E-state index contributed by atoms with van der Waals surface area (Å²) in [5.41, 5.74) is 0. The summed E-state index contributed by atoms with van der Waals surface area (Å²) >= 11 is 0. The molecule has 0 aliphatic carbocycles. The van der Waals surface area contributed by atoms with Crippen LogP contribution in [-0.4, -0.2) is 15.1 Å². The lowest BCUT2D eigenvalue weighted by atomic mass is 9.45. The Morgan fingerprint density at radius 2 is 2.12 bits per heavy atom. The fourth-order valence-electron chi connectivity index (χ4n) is 1.33. The lowest BCUT2D eigenvalue weighted by Gasteiger charge is -2.00. The fourth-order valence-corrected chi connectivity index (χ4v) is 1.33. The lowest BCUT2D eigenvalue weighted by Crippen LogP contribution is -2.03. The Balaban J connectivity index is 0.000000490. The van der Waals surface area contributed by atoms with Gasteiger partial charge in [0.05, 0.1) is 8.41 Å². The Morgan fingerprint density at radius 1 is 1.50 bits per heavy atom. The number of hydrogen-bond acceptors (Lipinski definition) is 0. The molecule has 8 heavy (non-hydrogen) atoms. The molecule has 1 aliphatic heterocycles. The first-order chi connectivity index (χ1) is 3.30. The molecule has 0 aromatic heterocycles. The monoisotopic (exact) mass is 110 g/mol. The molecule has 2 heteroatoms. The van der Waals surface area contributed by atoms with E-state index in [4.69, 9.17) is 0 Å². The van der Waals surface area contributed by atoms with E-state index in [0.717, 1.165) is 12.5 Å². The van der Waals surface area contributed by atoms with Crippen molar-refractivity contribution in [2.24, 2.45) is 0 Å². The summed E-state index contributed by atoms with van der Waals surface area (Å²) in [7, 11) is 0. The maximum absolute atomic E-state index is 2.36.